The zero-order chi connectivity index (χ0) is 28.3. The third-order valence-electron chi connectivity index (χ3n) is 8.59. The fourth-order valence-electron chi connectivity index (χ4n) is 6.24. The molecule has 1 aromatic carbocycles. The van der Waals surface area contributed by atoms with E-state index in [1.165, 1.54) is 39.2 Å². The van der Waals surface area contributed by atoms with Crippen LogP contribution in [0.15, 0.2) is 24.3 Å². The van der Waals surface area contributed by atoms with Gasteiger partial charge < -0.3 is 30.7 Å². The van der Waals surface area contributed by atoms with Crippen LogP contribution in [0.3, 0.4) is 0 Å². The molecule has 4 atom stereocenters. The van der Waals surface area contributed by atoms with Crippen molar-refractivity contribution in [2.75, 3.05) is 40.3 Å². The number of urea groups is 1. The molecule has 0 radical (unpaired) electrons. The highest BCUT2D eigenvalue weighted by Crippen LogP contribution is 2.40. The van der Waals surface area contributed by atoms with Crippen LogP contribution in [-0.2, 0) is 15.1 Å². The fraction of sp³-hybridized carbons (Fsp3) is 0.733. The highest BCUT2D eigenvalue weighted by molar-refractivity contribution is 6.30. The number of carbonyl (C=O) groups excluding carboxylic acids is 2. The van der Waals surface area contributed by atoms with E-state index in [1.807, 2.05) is 30.1 Å². The summed E-state index contributed by atoms with van der Waals surface area (Å²) in [6.07, 6.45) is 9.53. The number of halogens is 1. The lowest BCUT2D eigenvalue weighted by atomic mass is 9.74. The minimum atomic E-state index is -1.17. The van der Waals surface area contributed by atoms with E-state index in [0.717, 1.165) is 31.4 Å². The Morgan fingerprint density at radius 1 is 1.21 bits per heavy atom. The maximum Gasteiger partial charge on any atom is 0.317 e. The van der Waals surface area contributed by atoms with Crippen LogP contribution in [0.1, 0.15) is 76.7 Å². The molecular weight excluding hydrogens is 516 g/mol. The number of ether oxygens (including phenoxy) is 1. The number of benzene rings is 1. The van der Waals surface area contributed by atoms with Gasteiger partial charge in [0.05, 0.1) is 5.60 Å². The Kier molecular flexibility index (Phi) is 12.8. The summed E-state index contributed by atoms with van der Waals surface area (Å²) < 4.78 is 5.08. The lowest BCUT2D eigenvalue weighted by Crippen LogP contribution is -2.54. The van der Waals surface area contributed by atoms with Gasteiger partial charge in [-0.3, -0.25) is 4.79 Å². The molecule has 1 aliphatic heterocycles. The first-order chi connectivity index (χ1) is 18.8. The van der Waals surface area contributed by atoms with Gasteiger partial charge in [-0.05, 0) is 69.7 Å². The van der Waals surface area contributed by atoms with Crippen molar-refractivity contribution >= 4 is 23.5 Å². The smallest absolute Gasteiger partial charge is 0.317 e. The number of nitrogens with one attached hydrogen (secondary N) is 3. The number of aliphatic hydroxyl groups is 1. The predicted octanol–water partition coefficient (Wildman–Crippen LogP) is 4.44. The molecule has 3 rings (SSSR count). The van der Waals surface area contributed by atoms with Gasteiger partial charge in [0.1, 0.15) is 6.10 Å². The SMILES string of the molecule is CNCC(CC1CCCCC1)NC(=O)N1CCC[C@@H]([C@@](O)(CCCNC(=O)C(C)OC)c2cccc(Cl)c2)C1. The summed E-state index contributed by atoms with van der Waals surface area (Å²) >= 11 is 6.33. The maximum atomic E-state index is 13.4. The third kappa shape index (κ3) is 9.34. The monoisotopic (exact) mass is 564 g/mol. The first-order valence-electron chi connectivity index (χ1n) is 14.8. The van der Waals surface area contributed by atoms with Gasteiger partial charge in [0.25, 0.3) is 0 Å². The Morgan fingerprint density at radius 2 is 1.97 bits per heavy atom. The van der Waals surface area contributed by atoms with Crippen molar-refractivity contribution in [3.63, 3.8) is 0 Å². The topological polar surface area (TPSA) is 103 Å². The van der Waals surface area contributed by atoms with E-state index in [-0.39, 0.29) is 23.9 Å². The Labute approximate surface area is 239 Å². The molecule has 39 heavy (non-hydrogen) atoms. The van der Waals surface area contributed by atoms with Crippen LogP contribution in [0.25, 0.3) is 0 Å². The number of hydrogen-bond acceptors (Lipinski definition) is 5. The molecule has 0 spiro atoms. The second-order valence-corrected chi connectivity index (χ2v) is 11.9. The van der Waals surface area contributed by atoms with Crippen molar-refractivity contribution in [3.8, 4) is 0 Å². The van der Waals surface area contributed by atoms with E-state index in [9.17, 15) is 14.7 Å². The first-order valence-corrected chi connectivity index (χ1v) is 15.1. The van der Waals surface area contributed by atoms with Crippen molar-refractivity contribution < 1.29 is 19.4 Å². The summed E-state index contributed by atoms with van der Waals surface area (Å²) in [5.41, 5.74) is -0.419. The number of nitrogens with zero attached hydrogens (tertiary/aromatic N) is 1. The van der Waals surface area contributed by atoms with Crippen LogP contribution >= 0.6 is 11.6 Å². The maximum absolute atomic E-state index is 13.4. The lowest BCUT2D eigenvalue weighted by Gasteiger charge is -2.43. The van der Waals surface area contributed by atoms with E-state index >= 15 is 0 Å². The molecule has 3 amide bonds. The van der Waals surface area contributed by atoms with Gasteiger partial charge in [-0.25, -0.2) is 4.79 Å². The normalized spacial score (nSPS) is 21.6. The second kappa shape index (κ2) is 15.8. The highest BCUT2D eigenvalue weighted by atomic mass is 35.5. The molecule has 1 saturated carbocycles. The van der Waals surface area contributed by atoms with E-state index in [4.69, 9.17) is 16.3 Å². The molecule has 1 aromatic rings. The number of likely N-dealkylation sites (tertiary alicyclic amines) is 1. The molecule has 220 valence electrons. The van der Waals surface area contributed by atoms with Gasteiger partial charge in [-0.15, -0.1) is 0 Å². The van der Waals surface area contributed by atoms with Gasteiger partial charge in [0.2, 0.25) is 5.91 Å². The van der Waals surface area contributed by atoms with Crippen LogP contribution in [0, 0.1) is 11.8 Å². The van der Waals surface area contributed by atoms with Gasteiger partial charge in [0.15, 0.2) is 0 Å². The minimum Gasteiger partial charge on any atom is -0.385 e. The summed E-state index contributed by atoms with van der Waals surface area (Å²) in [6.45, 7) is 4.03. The third-order valence-corrected chi connectivity index (χ3v) is 8.82. The lowest BCUT2D eigenvalue weighted by molar-refractivity contribution is -0.130. The molecule has 1 aliphatic carbocycles. The van der Waals surface area contributed by atoms with Crippen molar-refractivity contribution in [3.05, 3.63) is 34.9 Å². The molecule has 2 fully saturated rings. The van der Waals surface area contributed by atoms with Crippen molar-refractivity contribution in [1.82, 2.24) is 20.9 Å². The largest absolute Gasteiger partial charge is 0.385 e. The molecule has 8 nitrogen and oxygen atoms in total. The Hall–Kier alpha value is -1.87. The van der Waals surface area contributed by atoms with Crippen LogP contribution in [0.5, 0.6) is 0 Å². The molecule has 2 unspecified atom stereocenters. The van der Waals surface area contributed by atoms with Gasteiger partial charge in [-0.1, -0.05) is 55.8 Å². The molecular formula is C30H49ClN4O4. The van der Waals surface area contributed by atoms with Crippen LogP contribution in [0.4, 0.5) is 4.79 Å². The predicted molar refractivity (Wildman–Crippen MR) is 156 cm³/mol. The molecule has 9 heteroatoms. The number of piperidine rings is 1. The number of amides is 3. The van der Waals surface area contributed by atoms with Crippen molar-refractivity contribution in [2.24, 2.45) is 11.8 Å². The molecule has 4 N–H and O–H groups in total. The summed E-state index contributed by atoms with van der Waals surface area (Å²) in [4.78, 5) is 27.4. The molecule has 0 bridgehead atoms. The van der Waals surface area contributed by atoms with Crippen LogP contribution in [-0.4, -0.2) is 74.4 Å². The van der Waals surface area contributed by atoms with Gasteiger partial charge >= 0.3 is 6.03 Å². The molecule has 0 aromatic heterocycles. The summed E-state index contributed by atoms with van der Waals surface area (Å²) in [6, 6.07) is 7.42. The van der Waals surface area contributed by atoms with Gasteiger partial charge in [0, 0.05) is 50.3 Å². The van der Waals surface area contributed by atoms with E-state index < -0.39 is 11.7 Å². The van der Waals surface area contributed by atoms with Crippen molar-refractivity contribution in [2.45, 2.75) is 88.9 Å². The minimum absolute atomic E-state index is 0.0509. The van der Waals surface area contributed by atoms with Crippen LogP contribution in [0.2, 0.25) is 5.02 Å². The quantitative estimate of drug-likeness (QED) is 0.265. The zero-order valence-electron chi connectivity index (χ0n) is 24.0. The number of rotatable bonds is 13. The first kappa shape index (κ1) is 31.7. The average molecular weight is 565 g/mol. The number of methoxy groups -OCH3 is 1. The van der Waals surface area contributed by atoms with Gasteiger partial charge in [-0.2, -0.15) is 0 Å². The molecule has 2 aliphatic rings. The Bertz CT molecular complexity index is 913. The number of likely N-dealkylation sites (N-methyl/N-ethyl adjacent to an activating group) is 1. The average Bonchev–Trinajstić information content (AvgIpc) is 2.95. The summed E-state index contributed by atoms with van der Waals surface area (Å²) in [5, 5.41) is 22.2. The van der Waals surface area contributed by atoms with E-state index in [2.05, 4.69) is 16.0 Å². The van der Waals surface area contributed by atoms with Crippen LogP contribution < -0.4 is 16.0 Å². The van der Waals surface area contributed by atoms with E-state index in [1.54, 1.807) is 13.0 Å². The number of hydrogen-bond donors (Lipinski definition) is 4. The second-order valence-electron chi connectivity index (χ2n) is 11.4. The zero-order valence-corrected chi connectivity index (χ0v) is 24.8. The van der Waals surface area contributed by atoms with Crippen molar-refractivity contribution in [1.29, 1.82) is 0 Å². The summed E-state index contributed by atoms with van der Waals surface area (Å²) in [7, 11) is 3.44. The summed E-state index contributed by atoms with van der Waals surface area (Å²) in [5.74, 6) is 0.352. The van der Waals surface area contributed by atoms with E-state index in [0.29, 0.717) is 43.4 Å². The number of carbonyl (C=O) groups is 2. The fourth-order valence-corrected chi connectivity index (χ4v) is 6.43. The standard InChI is InChI=1S/C30H49ClN4O4/c1-22(39-3)28(36)33-16-9-15-30(38,24-12-7-14-26(31)19-24)25-13-8-17-35(21-25)29(37)34-27(20-32-2)18-23-10-5-4-6-11-23/h7,12,14,19,22-23,25,27,32,38H,4-6,8-11,13,15-18,20-21H2,1-3H3,(H,33,36)(H,34,37)/t22?,25-,27?,30-/m1/s1. The Balaban J connectivity index is 1.67. The molecule has 1 saturated heterocycles. The Morgan fingerprint density at radius 3 is 2.67 bits per heavy atom. The highest BCUT2D eigenvalue weighted by Gasteiger charge is 2.41. The molecule has 1 heterocycles.